The summed E-state index contributed by atoms with van der Waals surface area (Å²) in [7, 11) is 0. The fourth-order valence-electron chi connectivity index (χ4n) is 2.96. The number of nitrogens with one attached hydrogen (secondary N) is 1. The minimum absolute atomic E-state index is 0.635. The van der Waals surface area contributed by atoms with E-state index in [0.29, 0.717) is 6.04 Å². The summed E-state index contributed by atoms with van der Waals surface area (Å²) in [5.74, 6) is 0. The lowest BCUT2D eigenvalue weighted by Crippen LogP contribution is -2.52. The molecule has 0 radical (unpaired) electrons. The average molecular weight is 275 g/mol. The lowest BCUT2D eigenvalue weighted by atomic mass is 10.1. The number of piperazine rings is 1. The molecule has 1 N–H and O–H groups in total. The Labute approximate surface area is 124 Å². The van der Waals surface area contributed by atoms with Crippen LogP contribution in [0.25, 0.3) is 0 Å². The number of rotatable bonds is 5. The molecule has 1 aliphatic heterocycles. The quantitative estimate of drug-likeness (QED) is 0.890. The maximum absolute atomic E-state index is 3.45. The van der Waals surface area contributed by atoms with Crippen LogP contribution in [0.1, 0.15) is 25.0 Å². The fourth-order valence-corrected chi connectivity index (χ4v) is 2.96. The summed E-state index contributed by atoms with van der Waals surface area (Å²) in [5.41, 5.74) is 4.25. The maximum Gasteiger partial charge on any atom is 0.0399 e. The van der Waals surface area contributed by atoms with Crippen molar-refractivity contribution >= 4 is 5.69 Å². The zero-order valence-electron chi connectivity index (χ0n) is 13.4. The number of benzene rings is 1. The van der Waals surface area contributed by atoms with Gasteiger partial charge in [-0.2, -0.15) is 0 Å². The van der Waals surface area contributed by atoms with E-state index in [1.54, 1.807) is 0 Å². The predicted octanol–water partition coefficient (Wildman–Crippen LogP) is 2.42. The van der Waals surface area contributed by atoms with E-state index in [9.17, 15) is 0 Å². The lowest BCUT2D eigenvalue weighted by molar-refractivity contribution is 0.194. The van der Waals surface area contributed by atoms with Gasteiger partial charge in [0.1, 0.15) is 0 Å². The highest BCUT2D eigenvalue weighted by Crippen LogP contribution is 2.24. The van der Waals surface area contributed by atoms with Gasteiger partial charge in [0.15, 0.2) is 0 Å². The van der Waals surface area contributed by atoms with E-state index in [1.807, 2.05) is 0 Å². The van der Waals surface area contributed by atoms with Crippen LogP contribution < -0.4 is 10.2 Å². The summed E-state index contributed by atoms with van der Waals surface area (Å²) in [6, 6.07) is 7.28. The van der Waals surface area contributed by atoms with E-state index in [2.05, 4.69) is 61.0 Å². The van der Waals surface area contributed by atoms with Crippen molar-refractivity contribution < 1.29 is 0 Å². The molecule has 0 aliphatic carbocycles. The first kappa shape index (κ1) is 15.3. The van der Waals surface area contributed by atoms with Crippen molar-refractivity contribution in [3.8, 4) is 0 Å². The predicted molar refractivity (Wildman–Crippen MR) is 87.7 cm³/mol. The second kappa shape index (κ2) is 7.09. The molecule has 1 aromatic rings. The van der Waals surface area contributed by atoms with Gasteiger partial charge >= 0.3 is 0 Å². The van der Waals surface area contributed by atoms with Gasteiger partial charge in [-0.25, -0.2) is 0 Å². The molecule has 1 aliphatic rings. The van der Waals surface area contributed by atoms with Gasteiger partial charge in [-0.15, -0.1) is 0 Å². The molecule has 1 atom stereocenters. The molecule has 1 aromatic carbocycles. The van der Waals surface area contributed by atoms with Gasteiger partial charge in [0.25, 0.3) is 0 Å². The molecular formula is C17H29N3. The van der Waals surface area contributed by atoms with Crippen molar-refractivity contribution in [2.75, 3.05) is 44.2 Å². The Bertz CT molecular complexity index is 422. The van der Waals surface area contributed by atoms with Crippen LogP contribution in [-0.2, 0) is 0 Å². The van der Waals surface area contributed by atoms with Gasteiger partial charge in [0.05, 0.1) is 0 Å². The Hall–Kier alpha value is -1.06. The Morgan fingerprint density at radius 2 is 1.85 bits per heavy atom. The topological polar surface area (TPSA) is 18.5 Å². The van der Waals surface area contributed by atoms with E-state index in [4.69, 9.17) is 0 Å². The second-order valence-electron chi connectivity index (χ2n) is 5.90. The van der Waals surface area contributed by atoms with Gasteiger partial charge in [0, 0.05) is 44.5 Å². The number of hydrogen-bond acceptors (Lipinski definition) is 3. The van der Waals surface area contributed by atoms with E-state index in [1.165, 1.54) is 29.9 Å². The summed E-state index contributed by atoms with van der Waals surface area (Å²) in [6.45, 7) is 15.7. The molecule has 1 unspecified atom stereocenters. The van der Waals surface area contributed by atoms with Crippen LogP contribution in [0.5, 0.6) is 0 Å². The molecule has 0 bridgehead atoms. The Balaban J connectivity index is 1.92. The van der Waals surface area contributed by atoms with Crippen LogP contribution in [0.15, 0.2) is 18.2 Å². The Morgan fingerprint density at radius 3 is 2.50 bits per heavy atom. The van der Waals surface area contributed by atoms with Gasteiger partial charge in [-0.3, -0.25) is 4.90 Å². The first-order valence-electron chi connectivity index (χ1n) is 7.89. The zero-order valence-corrected chi connectivity index (χ0v) is 13.4. The van der Waals surface area contributed by atoms with Crippen LogP contribution in [0.2, 0.25) is 0 Å². The maximum atomic E-state index is 3.45. The van der Waals surface area contributed by atoms with Gasteiger partial charge < -0.3 is 10.2 Å². The summed E-state index contributed by atoms with van der Waals surface area (Å²) < 4.78 is 0. The molecule has 0 aromatic heterocycles. The van der Waals surface area contributed by atoms with Crippen molar-refractivity contribution in [1.29, 1.82) is 0 Å². The molecule has 20 heavy (non-hydrogen) atoms. The number of anilines is 1. The first-order chi connectivity index (χ1) is 9.63. The average Bonchev–Trinajstić information content (AvgIpc) is 2.48. The monoisotopic (exact) mass is 275 g/mol. The van der Waals surface area contributed by atoms with Crippen molar-refractivity contribution in [2.24, 2.45) is 0 Å². The molecule has 1 heterocycles. The molecule has 3 heteroatoms. The van der Waals surface area contributed by atoms with E-state index >= 15 is 0 Å². The molecular weight excluding hydrogens is 246 g/mol. The summed E-state index contributed by atoms with van der Waals surface area (Å²) in [5, 5.41) is 3.45. The Morgan fingerprint density at radius 1 is 1.15 bits per heavy atom. The SMILES string of the molecule is CCNCC(C)N1CCN(c2cccc(C)c2C)CC1. The summed E-state index contributed by atoms with van der Waals surface area (Å²) in [6.07, 6.45) is 0. The van der Waals surface area contributed by atoms with Crippen LogP contribution in [0.4, 0.5) is 5.69 Å². The molecule has 3 nitrogen and oxygen atoms in total. The largest absolute Gasteiger partial charge is 0.369 e. The van der Waals surface area contributed by atoms with E-state index in [-0.39, 0.29) is 0 Å². The number of likely N-dealkylation sites (N-methyl/N-ethyl adjacent to an activating group) is 1. The van der Waals surface area contributed by atoms with Crippen molar-refractivity contribution in [3.63, 3.8) is 0 Å². The smallest absolute Gasteiger partial charge is 0.0399 e. The number of hydrogen-bond donors (Lipinski definition) is 1. The lowest BCUT2D eigenvalue weighted by Gasteiger charge is -2.39. The molecule has 0 saturated carbocycles. The van der Waals surface area contributed by atoms with Gasteiger partial charge in [0.2, 0.25) is 0 Å². The van der Waals surface area contributed by atoms with Crippen LogP contribution in [0, 0.1) is 13.8 Å². The van der Waals surface area contributed by atoms with Crippen molar-refractivity contribution in [2.45, 2.75) is 33.7 Å². The zero-order chi connectivity index (χ0) is 14.5. The van der Waals surface area contributed by atoms with Crippen LogP contribution >= 0.6 is 0 Å². The van der Waals surface area contributed by atoms with Crippen LogP contribution in [0.3, 0.4) is 0 Å². The standard InChI is InChI=1S/C17H29N3/c1-5-18-13-15(3)19-9-11-20(12-10-19)17-8-6-7-14(2)16(17)4/h6-8,15,18H,5,9-13H2,1-4H3. The molecule has 112 valence electrons. The van der Waals surface area contributed by atoms with Crippen molar-refractivity contribution in [1.82, 2.24) is 10.2 Å². The number of nitrogens with zero attached hydrogens (tertiary/aromatic N) is 2. The third kappa shape index (κ3) is 3.53. The first-order valence-corrected chi connectivity index (χ1v) is 7.89. The molecule has 1 fully saturated rings. The highest BCUT2D eigenvalue weighted by molar-refractivity contribution is 5.56. The summed E-state index contributed by atoms with van der Waals surface area (Å²) >= 11 is 0. The van der Waals surface area contributed by atoms with Gasteiger partial charge in [-0.05, 0) is 44.5 Å². The molecule has 0 spiro atoms. The van der Waals surface area contributed by atoms with E-state index in [0.717, 1.165) is 26.2 Å². The minimum Gasteiger partial charge on any atom is -0.369 e. The third-order valence-corrected chi connectivity index (χ3v) is 4.54. The highest BCUT2D eigenvalue weighted by atomic mass is 15.3. The van der Waals surface area contributed by atoms with E-state index < -0.39 is 0 Å². The van der Waals surface area contributed by atoms with Gasteiger partial charge in [-0.1, -0.05) is 19.1 Å². The fraction of sp³-hybridized carbons (Fsp3) is 0.647. The number of aryl methyl sites for hydroxylation is 1. The molecule has 1 saturated heterocycles. The molecule has 2 rings (SSSR count). The normalized spacial score (nSPS) is 18.3. The Kier molecular flexibility index (Phi) is 5.44. The van der Waals surface area contributed by atoms with Crippen molar-refractivity contribution in [3.05, 3.63) is 29.3 Å². The second-order valence-corrected chi connectivity index (χ2v) is 5.90. The summed E-state index contributed by atoms with van der Waals surface area (Å²) in [4.78, 5) is 5.14. The third-order valence-electron chi connectivity index (χ3n) is 4.54. The molecule has 0 amide bonds. The minimum atomic E-state index is 0.635. The highest BCUT2D eigenvalue weighted by Gasteiger charge is 2.21. The van der Waals surface area contributed by atoms with Crippen LogP contribution in [-0.4, -0.2) is 50.2 Å².